The molecule has 0 amide bonds. The lowest BCUT2D eigenvalue weighted by Crippen LogP contribution is -2.01. The molecule has 0 saturated carbocycles. The van der Waals surface area contributed by atoms with Crippen LogP contribution in [0.25, 0.3) is 0 Å². The Kier molecular flexibility index (Phi) is 4.28. The standard InChI is InChI=1S/C14H12N2O4/c17-15-9-12-7-4-8-13(14(12)16(18)19)20-10-11-5-2-1-3-6-11/h1-9,17H,10H2. The normalized spacial score (nSPS) is 10.6. The Morgan fingerprint density at radius 2 is 1.95 bits per heavy atom. The molecule has 0 saturated heterocycles. The molecule has 0 heterocycles. The number of oxime groups is 1. The Hall–Kier alpha value is -2.89. The zero-order valence-corrected chi connectivity index (χ0v) is 10.5. The summed E-state index contributed by atoms with van der Waals surface area (Å²) in [6.45, 7) is 0.224. The third kappa shape index (κ3) is 3.11. The minimum Gasteiger partial charge on any atom is -0.482 e. The highest BCUT2D eigenvalue weighted by atomic mass is 16.6. The van der Waals surface area contributed by atoms with Gasteiger partial charge in [0.15, 0.2) is 5.75 Å². The zero-order chi connectivity index (χ0) is 14.4. The maximum Gasteiger partial charge on any atom is 0.319 e. The van der Waals surface area contributed by atoms with Gasteiger partial charge in [-0.1, -0.05) is 41.6 Å². The molecule has 0 fully saturated rings. The van der Waals surface area contributed by atoms with Gasteiger partial charge in [-0.15, -0.1) is 0 Å². The third-order valence-corrected chi connectivity index (χ3v) is 2.65. The molecule has 0 aliphatic heterocycles. The lowest BCUT2D eigenvalue weighted by Gasteiger charge is -2.08. The number of ether oxygens (including phenoxy) is 1. The van der Waals surface area contributed by atoms with E-state index in [0.29, 0.717) is 0 Å². The molecule has 6 heteroatoms. The topological polar surface area (TPSA) is 85.0 Å². The second kappa shape index (κ2) is 6.33. The maximum absolute atomic E-state index is 11.1. The van der Waals surface area contributed by atoms with Crippen LogP contribution in [0.3, 0.4) is 0 Å². The Morgan fingerprint density at radius 3 is 2.60 bits per heavy atom. The molecule has 2 rings (SSSR count). The van der Waals surface area contributed by atoms with Crippen molar-refractivity contribution in [2.45, 2.75) is 6.61 Å². The van der Waals surface area contributed by atoms with Crippen molar-refractivity contribution in [3.63, 3.8) is 0 Å². The lowest BCUT2D eigenvalue weighted by molar-refractivity contribution is -0.386. The third-order valence-electron chi connectivity index (χ3n) is 2.65. The summed E-state index contributed by atoms with van der Waals surface area (Å²) in [5.74, 6) is 0.135. The number of nitro groups is 1. The smallest absolute Gasteiger partial charge is 0.319 e. The van der Waals surface area contributed by atoms with Gasteiger partial charge in [-0.2, -0.15) is 0 Å². The number of nitrogens with zero attached hydrogens (tertiary/aromatic N) is 2. The van der Waals surface area contributed by atoms with Crippen molar-refractivity contribution >= 4 is 11.9 Å². The summed E-state index contributed by atoms with van der Waals surface area (Å²) in [5.41, 5.74) is 0.868. The van der Waals surface area contributed by atoms with Crippen molar-refractivity contribution < 1.29 is 14.9 Å². The van der Waals surface area contributed by atoms with Crippen LogP contribution in [0.2, 0.25) is 0 Å². The van der Waals surface area contributed by atoms with Crippen LogP contribution in [0, 0.1) is 10.1 Å². The highest BCUT2D eigenvalue weighted by Gasteiger charge is 2.20. The van der Waals surface area contributed by atoms with Crippen LogP contribution < -0.4 is 4.74 Å². The van der Waals surface area contributed by atoms with Crippen LogP contribution in [0.4, 0.5) is 5.69 Å². The molecular formula is C14H12N2O4. The van der Waals surface area contributed by atoms with Crippen molar-refractivity contribution in [1.29, 1.82) is 0 Å². The molecule has 2 aromatic carbocycles. The molecule has 102 valence electrons. The summed E-state index contributed by atoms with van der Waals surface area (Å²) < 4.78 is 5.49. The first-order valence-corrected chi connectivity index (χ1v) is 5.84. The first-order valence-electron chi connectivity index (χ1n) is 5.84. The molecule has 0 atom stereocenters. The monoisotopic (exact) mass is 272 g/mol. The summed E-state index contributed by atoms with van der Waals surface area (Å²) in [7, 11) is 0. The molecule has 0 aliphatic carbocycles. The van der Waals surface area contributed by atoms with E-state index < -0.39 is 4.92 Å². The SMILES string of the molecule is O=[N+]([O-])c1c(C=NO)cccc1OCc1ccccc1. The first-order chi connectivity index (χ1) is 9.72. The molecule has 0 radical (unpaired) electrons. The van der Waals surface area contributed by atoms with E-state index in [1.807, 2.05) is 30.3 Å². The van der Waals surface area contributed by atoms with E-state index in [9.17, 15) is 10.1 Å². The van der Waals surface area contributed by atoms with Gasteiger partial charge in [0.2, 0.25) is 0 Å². The van der Waals surface area contributed by atoms with Crippen molar-refractivity contribution in [3.8, 4) is 5.75 Å². The first kappa shape index (κ1) is 13.5. The summed E-state index contributed by atoms with van der Waals surface area (Å²) in [6, 6.07) is 13.9. The summed E-state index contributed by atoms with van der Waals surface area (Å²) in [6.07, 6.45) is 1.01. The average molecular weight is 272 g/mol. The fourth-order valence-electron chi connectivity index (χ4n) is 1.75. The second-order valence-electron chi connectivity index (χ2n) is 3.97. The number of para-hydroxylation sites is 1. The fourth-order valence-corrected chi connectivity index (χ4v) is 1.75. The van der Waals surface area contributed by atoms with Crippen LogP contribution in [0.5, 0.6) is 5.75 Å². The highest BCUT2D eigenvalue weighted by Crippen LogP contribution is 2.30. The highest BCUT2D eigenvalue weighted by molar-refractivity contribution is 5.86. The van der Waals surface area contributed by atoms with Gasteiger partial charge < -0.3 is 9.94 Å². The quantitative estimate of drug-likeness (QED) is 0.392. The van der Waals surface area contributed by atoms with Gasteiger partial charge in [0.05, 0.1) is 16.7 Å². The predicted octanol–water partition coefficient (Wildman–Crippen LogP) is 2.98. The second-order valence-corrected chi connectivity index (χ2v) is 3.97. The summed E-state index contributed by atoms with van der Waals surface area (Å²) in [4.78, 5) is 10.6. The number of rotatable bonds is 5. The molecule has 0 aromatic heterocycles. The van der Waals surface area contributed by atoms with Gasteiger partial charge in [0.1, 0.15) is 6.61 Å². The van der Waals surface area contributed by atoms with Gasteiger partial charge in [-0.05, 0) is 17.7 Å². The predicted molar refractivity (Wildman–Crippen MR) is 73.3 cm³/mol. The Balaban J connectivity index is 2.27. The van der Waals surface area contributed by atoms with Gasteiger partial charge in [-0.3, -0.25) is 10.1 Å². The maximum atomic E-state index is 11.1. The lowest BCUT2D eigenvalue weighted by atomic mass is 10.2. The molecule has 6 nitrogen and oxygen atoms in total. The van der Waals surface area contributed by atoms with E-state index in [1.54, 1.807) is 6.07 Å². The van der Waals surface area contributed by atoms with Gasteiger partial charge in [0.25, 0.3) is 0 Å². The number of nitro benzene ring substituents is 1. The number of hydrogen-bond acceptors (Lipinski definition) is 5. The number of benzene rings is 2. The average Bonchev–Trinajstić information content (AvgIpc) is 2.46. The molecule has 20 heavy (non-hydrogen) atoms. The van der Waals surface area contributed by atoms with E-state index in [2.05, 4.69) is 5.16 Å². The molecule has 2 aromatic rings. The van der Waals surface area contributed by atoms with Crippen molar-refractivity contribution in [3.05, 3.63) is 69.8 Å². The minimum absolute atomic E-state index is 0.135. The van der Waals surface area contributed by atoms with E-state index in [1.165, 1.54) is 12.1 Å². The minimum atomic E-state index is -0.558. The van der Waals surface area contributed by atoms with Crippen molar-refractivity contribution in [2.75, 3.05) is 0 Å². The Morgan fingerprint density at radius 1 is 1.20 bits per heavy atom. The molecule has 0 unspecified atom stereocenters. The van der Waals surface area contributed by atoms with Crippen LogP contribution in [-0.2, 0) is 6.61 Å². The largest absolute Gasteiger partial charge is 0.482 e. The molecule has 1 N–H and O–H groups in total. The van der Waals surface area contributed by atoms with E-state index >= 15 is 0 Å². The number of hydrogen-bond donors (Lipinski definition) is 1. The van der Waals surface area contributed by atoms with Crippen LogP contribution >= 0.6 is 0 Å². The molecule has 0 spiro atoms. The van der Waals surface area contributed by atoms with E-state index in [4.69, 9.17) is 9.94 Å². The summed E-state index contributed by atoms with van der Waals surface area (Å²) >= 11 is 0. The molecule has 0 aliphatic rings. The van der Waals surface area contributed by atoms with Gasteiger partial charge >= 0.3 is 5.69 Å². The summed E-state index contributed by atoms with van der Waals surface area (Å²) in [5, 5.41) is 22.5. The van der Waals surface area contributed by atoms with Crippen molar-refractivity contribution in [2.24, 2.45) is 5.16 Å². The van der Waals surface area contributed by atoms with Crippen molar-refractivity contribution in [1.82, 2.24) is 0 Å². The van der Waals surface area contributed by atoms with E-state index in [0.717, 1.165) is 11.8 Å². The Bertz CT molecular complexity index is 626. The van der Waals surface area contributed by atoms with Gasteiger partial charge in [-0.25, -0.2) is 0 Å². The zero-order valence-electron chi connectivity index (χ0n) is 10.5. The van der Waals surface area contributed by atoms with Crippen LogP contribution in [0.1, 0.15) is 11.1 Å². The Labute approximate surface area is 115 Å². The molecular weight excluding hydrogens is 260 g/mol. The van der Waals surface area contributed by atoms with Crippen LogP contribution in [0.15, 0.2) is 53.7 Å². The fraction of sp³-hybridized carbons (Fsp3) is 0.0714. The van der Waals surface area contributed by atoms with E-state index in [-0.39, 0.29) is 23.6 Å². The van der Waals surface area contributed by atoms with Crippen LogP contribution in [-0.4, -0.2) is 16.3 Å². The van der Waals surface area contributed by atoms with Gasteiger partial charge in [0, 0.05) is 0 Å². The molecule has 0 bridgehead atoms.